The van der Waals surface area contributed by atoms with E-state index in [2.05, 4.69) is 10.1 Å². The second-order valence-corrected chi connectivity index (χ2v) is 6.04. The van der Waals surface area contributed by atoms with Gasteiger partial charge in [-0.15, -0.1) is 12.4 Å². The molecule has 0 spiro atoms. The van der Waals surface area contributed by atoms with Gasteiger partial charge in [0.15, 0.2) is 5.82 Å². The summed E-state index contributed by atoms with van der Waals surface area (Å²) in [4.78, 5) is 4.51. The molecular weight excluding hydrogens is 314 g/mol. The molecule has 2 N–H and O–H groups in total. The minimum absolute atomic E-state index is 0. The summed E-state index contributed by atoms with van der Waals surface area (Å²) >= 11 is 0. The van der Waals surface area contributed by atoms with E-state index in [1.165, 1.54) is 12.8 Å². The molecule has 0 amide bonds. The van der Waals surface area contributed by atoms with E-state index in [0.29, 0.717) is 18.2 Å². The zero-order valence-electron chi connectivity index (χ0n) is 13.4. The van der Waals surface area contributed by atoms with Crippen LogP contribution in [0, 0.1) is 5.92 Å². The van der Waals surface area contributed by atoms with E-state index in [4.69, 9.17) is 15.0 Å². The Balaban J connectivity index is 0.00000192. The Hall–Kier alpha value is -1.59. The second kappa shape index (κ2) is 8.31. The first-order valence-corrected chi connectivity index (χ1v) is 7.94. The summed E-state index contributed by atoms with van der Waals surface area (Å²) < 4.78 is 10.5. The molecule has 126 valence electrons. The Labute approximate surface area is 143 Å². The molecule has 6 heteroatoms. The quantitative estimate of drug-likeness (QED) is 0.907. The molecule has 5 nitrogen and oxygen atoms in total. The van der Waals surface area contributed by atoms with Crippen LogP contribution in [0.5, 0.6) is 5.75 Å². The van der Waals surface area contributed by atoms with Crippen molar-refractivity contribution in [2.45, 2.75) is 44.6 Å². The average Bonchev–Trinajstić information content (AvgIpc) is 2.97. The van der Waals surface area contributed by atoms with Gasteiger partial charge in [0.05, 0.1) is 7.11 Å². The number of nitrogens with two attached hydrogens (primary N) is 1. The summed E-state index contributed by atoms with van der Waals surface area (Å²) in [5, 5.41) is 4.09. The van der Waals surface area contributed by atoms with Gasteiger partial charge >= 0.3 is 0 Å². The van der Waals surface area contributed by atoms with Crippen LogP contribution >= 0.6 is 12.4 Å². The highest BCUT2D eigenvalue weighted by Crippen LogP contribution is 2.26. The third-order valence-electron chi connectivity index (χ3n) is 4.44. The molecule has 2 atom stereocenters. The summed E-state index contributed by atoms with van der Waals surface area (Å²) in [6.07, 6.45) is 6.24. The summed E-state index contributed by atoms with van der Waals surface area (Å²) in [7, 11) is 1.66. The molecule has 1 aromatic carbocycles. The van der Waals surface area contributed by atoms with Gasteiger partial charge in [0.1, 0.15) is 5.75 Å². The maximum atomic E-state index is 6.18. The highest BCUT2D eigenvalue weighted by Gasteiger charge is 2.24. The van der Waals surface area contributed by atoms with Crippen LogP contribution < -0.4 is 10.5 Å². The van der Waals surface area contributed by atoms with Crippen molar-refractivity contribution in [3.05, 3.63) is 41.5 Å². The van der Waals surface area contributed by atoms with E-state index in [1.54, 1.807) is 7.11 Å². The summed E-state index contributed by atoms with van der Waals surface area (Å²) in [6, 6.07) is 8.19. The number of halogens is 1. The van der Waals surface area contributed by atoms with E-state index in [0.717, 1.165) is 36.4 Å². The number of ether oxygens (including phenoxy) is 1. The lowest BCUT2D eigenvalue weighted by molar-refractivity contribution is 0.273. The van der Waals surface area contributed by atoms with E-state index in [1.807, 2.05) is 24.3 Å². The highest BCUT2D eigenvalue weighted by molar-refractivity contribution is 5.85. The molecule has 2 aromatic rings. The van der Waals surface area contributed by atoms with Crippen LogP contribution in [0.2, 0.25) is 0 Å². The van der Waals surface area contributed by atoms with Gasteiger partial charge in [-0.25, -0.2) is 0 Å². The van der Waals surface area contributed by atoms with Crippen molar-refractivity contribution in [2.24, 2.45) is 11.7 Å². The van der Waals surface area contributed by atoms with Crippen molar-refractivity contribution < 1.29 is 9.26 Å². The topological polar surface area (TPSA) is 74.2 Å². The number of methoxy groups -OCH3 is 1. The Morgan fingerprint density at radius 1 is 1.22 bits per heavy atom. The molecule has 0 bridgehead atoms. The highest BCUT2D eigenvalue weighted by atomic mass is 35.5. The molecule has 1 aliphatic carbocycles. The fraction of sp³-hybridized carbons (Fsp3) is 0.529. The largest absolute Gasteiger partial charge is 0.497 e. The molecule has 1 fully saturated rings. The third kappa shape index (κ3) is 4.69. The van der Waals surface area contributed by atoms with Crippen LogP contribution in [0.15, 0.2) is 28.8 Å². The van der Waals surface area contributed by atoms with Gasteiger partial charge < -0.3 is 15.0 Å². The first-order chi connectivity index (χ1) is 10.7. The Kier molecular flexibility index (Phi) is 6.42. The van der Waals surface area contributed by atoms with Gasteiger partial charge in [-0.1, -0.05) is 30.1 Å². The van der Waals surface area contributed by atoms with E-state index in [9.17, 15) is 0 Å². The third-order valence-corrected chi connectivity index (χ3v) is 4.44. The normalized spacial score (nSPS) is 20.8. The Morgan fingerprint density at radius 2 is 1.96 bits per heavy atom. The first-order valence-electron chi connectivity index (χ1n) is 7.94. The molecule has 1 saturated carbocycles. The standard InChI is InChI=1S/C17H23N3O2.ClH/c1-21-14-8-6-12(7-9-14)10-16-19-17(22-20-16)11-13-4-2-3-5-15(13)18;/h6-9,13,15H,2-5,10-11,18H2,1H3;1H. The maximum absolute atomic E-state index is 6.18. The van der Waals surface area contributed by atoms with Crippen LogP contribution in [-0.4, -0.2) is 23.3 Å². The summed E-state index contributed by atoms with van der Waals surface area (Å²) in [5.74, 6) is 2.77. The minimum Gasteiger partial charge on any atom is -0.497 e. The molecule has 3 rings (SSSR count). The molecule has 0 saturated heterocycles. The van der Waals surface area contributed by atoms with Crippen LogP contribution in [0.4, 0.5) is 0 Å². The maximum Gasteiger partial charge on any atom is 0.226 e. The van der Waals surface area contributed by atoms with Crippen molar-refractivity contribution in [1.82, 2.24) is 10.1 Å². The Bertz CT molecular complexity index is 600. The lowest BCUT2D eigenvalue weighted by atomic mass is 9.83. The molecule has 2 unspecified atom stereocenters. The van der Waals surface area contributed by atoms with Gasteiger partial charge in [-0.2, -0.15) is 4.98 Å². The monoisotopic (exact) mass is 337 g/mol. The van der Waals surface area contributed by atoms with Crippen molar-refractivity contribution >= 4 is 12.4 Å². The summed E-state index contributed by atoms with van der Waals surface area (Å²) in [6.45, 7) is 0. The fourth-order valence-corrected chi connectivity index (χ4v) is 3.08. The first kappa shape index (κ1) is 17.8. The zero-order chi connectivity index (χ0) is 15.4. The van der Waals surface area contributed by atoms with Crippen molar-refractivity contribution in [3.8, 4) is 5.75 Å². The van der Waals surface area contributed by atoms with Gasteiger partial charge in [0.25, 0.3) is 0 Å². The molecule has 0 aliphatic heterocycles. The minimum atomic E-state index is 0. The van der Waals surface area contributed by atoms with Gasteiger partial charge in [-0.3, -0.25) is 0 Å². The van der Waals surface area contributed by atoms with Crippen LogP contribution in [-0.2, 0) is 12.8 Å². The summed E-state index contributed by atoms with van der Waals surface area (Å²) in [5.41, 5.74) is 7.32. The van der Waals surface area contributed by atoms with Gasteiger partial charge in [0.2, 0.25) is 5.89 Å². The number of hydrogen-bond donors (Lipinski definition) is 1. The number of benzene rings is 1. The zero-order valence-corrected chi connectivity index (χ0v) is 14.2. The van der Waals surface area contributed by atoms with Gasteiger partial charge in [-0.05, 0) is 36.5 Å². The van der Waals surface area contributed by atoms with E-state index < -0.39 is 0 Å². The fourth-order valence-electron chi connectivity index (χ4n) is 3.08. The molecule has 0 radical (unpaired) electrons. The SMILES string of the molecule is COc1ccc(Cc2noc(CC3CCCCC3N)n2)cc1.Cl. The van der Waals surface area contributed by atoms with E-state index >= 15 is 0 Å². The van der Waals surface area contributed by atoms with Crippen LogP contribution in [0.25, 0.3) is 0 Å². The smallest absolute Gasteiger partial charge is 0.226 e. The molecule has 1 aromatic heterocycles. The number of aromatic nitrogens is 2. The molecule has 1 heterocycles. The lowest BCUT2D eigenvalue weighted by Gasteiger charge is -2.27. The van der Waals surface area contributed by atoms with Gasteiger partial charge in [0, 0.05) is 18.9 Å². The lowest BCUT2D eigenvalue weighted by Crippen LogP contribution is -2.34. The number of rotatable bonds is 5. The second-order valence-electron chi connectivity index (χ2n) is 6.04. The predicted molar refractivity (Wildman–Crippen MR) is 91.0 cm³/mol. The van der Waals surface area contributed by atoms with Crippen LogP contribution in [0.3, 0.4) is 0 Å². The molecular formula is C17H24ClN3O2. The number of hydrogen-bond acceptors (Lipinski definition) is 5. The predicted octanol–water partition coefficient (Wildman–Crippen LogP) is 3.15. The molecule has 1 aliphatic rings. The van der Waals surface area contributed by atoms with E-state index in [-0.39, 0.29) is 18.4 Å². The van der Waals surface area contributed by atoms with Crippen molar-refractivity contribution in [3.63, 3.8) is 0 Å². The average molecular weight is 338 g/mol. The Morgan fingerprint density at radius 3 is 2.65 bits per heavy atom. The molecule has 23 heavy (non-hydrogen) atoms. The van der Waals surface area contributed by atoms with Crippen molar-refractivity contribution in [1.29, 1.82) is 0 Å². The number of nitrogens with zero attached hydrogens (tertiary/aromatic N) is 2. The van der Waals surface area contributed by atoms with Crippen molar-refractivity contribution in [2.75, 3.05) is 7.11 Å². The van der Waals surface area contributed by atoms with Crippen LogP contribution in [0.1, 0.15) is 43.0 Å².